The minimum absolute atomic E-state index is 0.0551. The molecule has 0 fully saturated rings. The number of aryl methyl sites for hydroxylation is 1. The van der Waals surface area contributed by atoms with Crippen LogP contribution in [-0.2, 0) is 0 Å². The molecule has 0 aliphatic carbocycles. The Bertz CT molecular complexity index is 675. The number of hydrogen-bond donors (Lipinski definition) is 1. The zero-order chi connectivity index (χ0) is 13.8. The van der Waals surface area contributed by atoms with Gasteiger partial charge in [-0.25, -0.2) is 0 Å². The molecule has 0 unspecified atom stereocenters. The number of nitrogens with zero attached hydrogens (tertiary/aromatic N) is 2. The van der Waals surface area contributed by atoms with Crippen molar-refractivity contribution in [2.75, 3.05) is 5.32 Å². The van der Waals surface area contributed by atoms with E-state index in [2.05, 4.69) is 5.32 Å². The molecular weight excluding hydrogens is 242 g/mol. The number of nitriles is 1. The minimum Gasteiger partial charge on any atom is -0.350 e. The van der Waals surface area contributed by atoms with Crippen molar-refractivity contribution in [3.05, 3.63) is 63.7 Å². The molecule has 0 saturated heterocycles. The van der Waals surface area contributed by atoms with Gasteiger partial charge in [-0.3, -0.25) is 10.1 Å². The van der Waals surface area contributed by atoms with Crippen molar-refractivity contribution < 1.29 is 4.92 Å². The van der Waals surface area contributed by atoms with E-state index in [9.17, 15) is 10.1 Å². The Labute approximate surface area is 110 Å². The first-order valence-electron chi connectivity index (χ1n) is 5.62. The van der Waals surface area contributed by atoms with Crippen LogP contribution >= 0.6 is 0 Å². The molecule has 2 aromatic carbocycles. The number of nitro benzene ring substituents is 1. The second-order valence-corrected chi connectivity index (χ2v) is 4.10. The molecule has 0 amide bonds. The first-order chi connectivity index (χ1) is 9.10. The van der Waals surface area contributed by atoms with Crippen LogP contribution in [0.5, 0.6) is 0 Å². The van der Waals surface area contributed by atoms with E-state index in [0.717, 1.165) is 11.3 Å². The fourth-order valence-corrected chi connectivity index (χ4v) is 1.74. The lowest BCUT2D eigenvalue weighted by Gasteiger charge is -2.08. The zero-order valence-corrected chi connectivity index (χ0v) is 10.3. The summed E-state index contributed by atoms with van der Waals surface area (Å²) < 4.78 is 0. The zero-order valence-electron chi connectivity index (χ0n) is 10.3. The van der Waals surface area contributed by atoms with E-state index in [0.29, 0.717) is 11.3 Å². The van der Waals surface area contributed by atoms with Crippen LogP contribution in [0.3, 0.4) is 0 Å². The van der Waals surface area contributed by atoms with Crippen molar-refractivity contribution in [1.82, 2.24) is 0 Å². The summed E-state index contributed by atoms with van der Waals surface area (Å²) >= 11 is 0. The van der Waals surface area contributed by atoms with E-state index in [1.807, 2.05) is 37.3 Å². The number of anilines is 2. The Morgan fingerprint density at radius 3 is 2.68 bits per heavy atom. The molecule has 0 bridgehead atoms. The van der Waals surface area contributed by atoms with Crippen LogP contribution in [0, 0.1) is 28.4 Å². The van der Waals surface area contributed by atoms with Crippen LogP contribution in [-0.4, -0.2) is 4.92 Å². The van der Waals surface area contributed by atoms with Crippen molar-refractivity contribution in [1.29, 1.82) is 5.26 Å². The van der Waals surface area contributed by atoms with Gasteiger partial charge in [-0.15, -0.1) is 0 Å². The molecule has 1 N–H and O–H groups in total. The van der Waals surface area contributed by atoms with E-state index in [4.69, 9.17) is 5.26 Å². The number of nitrogens with one attached hydrogen (secondary N) is 1. The Morgan fingerprint density at radius 1 is 1.26 bits per heavy atom. The quantitative estimate of drug-likeness (QED) is 0.670. The second-order valence-electron chi connectivity index (χ2n) is 4.10. The molecule has 0 radical (unpaired) electrons. The summed E-state index contributed by atoms with van der Waals surface area (Å²) in [6.45, 7) is 1.94. The van der Waals surface area contributed by atoms with Gasteiger partial charge in [0.15, 0.2) is 0 Å². The van der Waals surface area contributed by atoms with E-state index in [1.165, 1.54) is 18.2 Å². The summed E-state index contributed by atoms with van der Waals surface area (Å²) in [5.74, 6) is 0. The summed E-state index contributed by atoms with van der Waals surface area (Å²) in [4.78, 5) is 10.5. The highest BCUT2D eigenvalue weighted by molar-refractivity contribution is 5.71. The van der Waals surface area contributed by atoms with E-state index in [-0.39, 0.29) is 5.69 Å². The predicted molar refractivity (Wildman–Crippen MR) is 72.3 cm³/mol. The smallest absolute Gasteiger partial charge is 0.292 e. The third kappa shape index (κ3) is 2.87. The van der Waals surface area contributed by atoms with Gasteiger partial charge in [0.1, 0.15) is 5.69 Å². The summed E-state index contributed by atoms with van der Waals surface area (Å²) in [6, 6.07) is 13.7. The van der Waals surface area contributed by atoms with Crippen LogP contribution in [0.2, 0.25) is 0 Å². The van der Waals surface area contributed by atoms with Crippen LogP contribution in [0.1, 0.15) is 11.1 Å². The highest BCUT2D eigenvalue weighted by atomic mass is 16.6. The molecule has 0 atom stereocenters. The minimum atomic E-state index is -0.473. The Balaban J connectivity index is 2.43. The van der Waals surface area contributed by atoms with Crippen LogP contribution in [0.4, 0.5) is 17.1 Å². The normalized spacial score (nSPS) is 9.68. The molecule has 0 aliphatic rings. The summed E-state index contributed by atoms with van der Waals surface area (Å²) in [7, 11) is 0. The van der Waals surface area contributed by atoms with Crippen molar-refractivity contribution in [2.24, 2.45) is 0 Å². The number of benzene rings is 2. The van der Waals surface area contributed by atoms with Gasteiger partial charge in [-0.1, -0.05) is 12.1 Å². The van der Waals surface area contributed by atoms with Crippen LogP contribution < -0.4 is 5.32 Å². The molecule has 94 valence electrons. The molecule has 0 aromatic heterocycles. The van der Waals surface area contributed by atoms with E-state index < -0.39 is 4.92 Å². The lowest BCUT2D eigenvalue weighted by molar-refractivity contribution is -0.383. The predicted octanol–water partition coefficient (Wildman–Crippen LogP) is 3.52. The largest absolute Gasteiger partial charge is 0.350 e. The third-order valence-corrected chi connectivity index (χ3v) is 2.62. The highest BCUT2D eigenvalue weighted by Gasteiger charge is 2.14. The topological polar surface area (TPSA) is 79.0 Å². The fourth-order valence-electron chi connectivity index (χ4n) is 1.74. The fraction of sp³-hybridized carbons (Fsp3) is 0.0714. The van der Waals surface area contributed by atoms with Gasteiger partial charge < -0.3 is 5.32 Å². The van der Waals surface area contributed by atoms with E-state index >= 15 is 0 Å². The first-order valence-corrected chi connectivity index (χ1v) is 5.62. The number of nitro groups is 1. The maximum atomic E-state index is 11.0. The Kier molecular flexibility index (Phi) is 3.44. The van der Waals surface area contributed by atoms with Crippen molar-refractivity contribution >= 4 is 17.1 Å². The molecule has 19 heavy (non-hydrogen) atoms. The van der Waals surface area contributed by atoms with Gasteiger partial charge in [0.25, 0.3) is 5.69 Å². The molecule has 2 rings (SSSR count). The van der Waals surface area contributed by atoms with Gasteiger partial charge in [-0.2, -0.15) is 5.26 Å². The standard InChI is InChI=1S/C14H11N3O2/c1-10-3-2-4-12(7-10)16-13-8-11(9-15)5-6-14(13)17(18)19/h2-8,16H,1H3. The maximum absolute atomic E-state index is 11.0. The van der Waals surface area contributed by atoms with Crippen LogP contribution in [0.15, 0.2) is 42.5 Å². The lowest BCUT2D eigenvalue weighted by atomic mass is 10.1. The average Bonchev–Trinajstić information content (AvgIpc) is 2.38. The van der Waals surface area contributed by atoms with Gasteiger partial charge in [0, 0.05) is 11.8 Å². The molecule has 0 heterocycles. The SMILES string of the molecule is Cc1cccc(Nc2cc(C#N)ccc2[N+](=O)[O-])c1. The average molecular weight is 253 g/mol. The maximum Gasteiger partial charge on any atom is 0.292 e. The van der Waals surface area contributed by atoms with Gasteiger partial charge in [0.05, 0.1) is 16.6 Å². The molecule has 0 aliphatic heterocycles. The second kappa shape index (κ2) is 5.19. The summed E-state index contributed by atoms with van der Waals surface area (Å²) in [5.41, 5.74) is 2.43. The third-order valence-electron chi connectivity index (χ3n) is 2.62. The van der Waals surface area contributed by atoms with Crippen molar-refractivity contribution in [3.8, 4) is 6.07 Å². The van der Waals surface area contributed by atoms with Crippen molar-refractivity contribution in [2.45, 2.75) is 6.92 Å². The van der Waals surface area contributed by atoms with Crippen molar-refractivity contribution in [3.63, 3.8) is 0 Å². The molecular formula is C14H11N3O2. The number of hydrogen-bond acceptors (Lipinski definition) is 4. The summed E-state index contributed by atoms with van der Waals surface area (Å²) in [6.07, 6.45) is 0. The molecule has 0 saturated carbocycles. The first kappa shape index (κ1) is 12.6. The molecule has 0 spiro atoms. The summed E-state index contributed by atoms with van der Waals surface area (Å²) in [5, 5.41) is 22.8. The van der Waals surface area contributed by atoms with Gasteiger partial charge in [-0.05, 0) is 36.8 Å². The number of rotatable bonds is 3. The Hall–Kier alpha value is -2.87. The highest BCUT2D eigenvalue weighted by Crippen LogP contribution is 2.28. The van der Waals surface area contributed by atoms with Gasteiger partial charge in [0.2, 0.25) is 0 Å². The molecule has 2 aromatic rings. The van der Waals surface area contributed by atoms with Gasteiger partial charge >= 0.3 is 0 Å². The lowest BCUT2D eigenvalue weighted by Crippen LogP contribution is -1.97. The Morgan fingerprint density at radius 2 is 2.05 bits per heavy atom. The molecule has 5 nitrogen and oxygen atoms in total. The molecule has 5 heteroatoms. The monoisotopic (exact) mass is 253 g/mol. The van der Waals surface area contributed by atoms with E-state index in [1.54, 1.807) is 0 Å². The van der Waals surface area contributed by atoms with Crippen LogP contribution in [0.25, 0.3) is 0 Å².